The van der Waals surface area contributed by atoms with E-state index in [-0.39, 0.29) is 0 Å². The lowest BCUT2D eigenvalue weighted by atomic mass is 9.96. The molecule has 0 atom stereocenters. The van der Waals surface area contributed by atoms with Crippen LogP contribution in [0.4, 0.5) is 0 Å². The zero-order valence-electron chi connectivity index (χ0n) is 30.5. The number of pyridine rings is 2. The van der Waals surface area contributed by atoms with Crippen molar-refractivity contribution in [2.45, 2.75) is 0 Å². The molecule has 0 fully saturated rings. The number of thiophene rings is 1. The summed E-state index contributed by atoms with van der Waals surface area (Å²) in [6.45, 7) is 0. The van der Waals surface area contributed by atoms with Crippen molar-refractivity contribution in [3.63, 3.8) is 0 Å². The summed E-state index contributed by atoms with van der Waals surface area (Å²) < 4.78 is 2.50. The molecule has 0 saturated heterocycles. The van der Waals surface area contributed by atoms with Crippen LogP contribution in [0.15, 0.2) is 188 Å². The van der Waals surface area contributed by atoms with Gasteiger partial charge in [0.1, 0.15) is 0 Å². The van der Waals surface area contributed by atoms with Crippen LogP contribution in [0.5, 0.6) is 0 Å². The van der Waals surface area contributed by atoms with Gasteiger partial charge in [0.05, 0.1) is 22.4 Å². The summed E-state index contributed by atoms with van der Waals surface area (Å²) in [6, 6.07) is 65.1. The van der Waals surface area contributed by atoms with E-state index >= 15 is 0 Å². The quantitative estimate of drug-likeness (QED) is 0.159. The number of nitrogens with zero attached hydrogens (tertiary/aromatic N) is 5. The molecule has 266 valence electrons. The Morgan fingerprint density at radius 3 is 1.42 bits per heavy atom. The fraction of sp³-hybridized carbons (Fsp3) is 0. The van der Waals surface area contributed by atoms with Gasteiger partial charge in [-0.15, -0.1) is 11.3 Å². The summed E-state index contributed by atoms with van der Waals surface area (Å²) in [5.74, 6) is 1.83. The standard InChI is InChI=1S/C51H31N5S/c1-4-13-32(14-5-1)43-27-25-33-23-24-34-26-28-44(53-47(34)46(33)52-43)38-29-37(40-20-12-21-42-41-19-10-11-22-45(41)57-48(40)42)30-39(31-38)51-55-49(35-15-6-2-7-16-35)54-50(56-51)36-17-8-3-9-18-36/h1-31H. The molecule has 5 nitrogen and oxygen atoms in total. The van der Waals surface area contributed by atoms with Crippen LogP contribution in [0.1, 0.15) is 0 Å². The number of hydrogen-bond donors (Lipinski definition) is 0. The van der Waals surface area contributed by atoms with Crippen molar-refractivity contribution in [2.75, 3.05) is 0 Å². The van der Waals surface area contributed by atoms with Gasteiger partial charge in [-0.25, -0.2) is 24.9 Å². The molecular weight excluding hydrogens is 715 g/mol. The SMILES string of the molecule is c1ccc(-c2ccc3ccc4ccc(-c5cc(-c6nc(-c7ccccc7)nc(-c7ccccc7)n6)cc(-c6cccc7c6sc6ccccc67)c5)nc4c3n2)cc1. The summed E-state index contributed by atoms with van der Waals surface area (Å²) in [7, 11) is 0. The molecule has 11 rings (SSSR count). The monoisotopic (exact) mass is 745 g/mol. The van der Waals surface area contributed by atoms with Gasteiger partial charge in [-0.05, 0) is 47.5 Å². The van der Waals surface area contributed by atoms with Gasteiger partial charge >= 0.3 is 0 Å². The highest BCUT2D eigenvalue weighted by molar-refractivity contribution is 7.26. The van der Waals surface area contributed by atoms with E-state index in [2.05, 4.69) is 109 Å². The molecule has 0 aliphatic rings. The van der Waals surface area contributed by atoms with Crippen molar-refractivity contribution >= 4 is 53.3 Å². The summed E-state index contributed by atoms with van der Waals surface area (Å²) in [5, 5.41) is 4.59. The van der Waals surface area contributed by atoms with Crippen molar-refractivity contribution in [3.05, 3.63) is 188 Å². The van der Waals surface area contributed by atoms with Gasteiger partial charge < -0.3 is 0 Å². The third kappa shape index (κ3) is 6.00. The van der Waals surface area contributed by atoms with E-state index < -0.39 is 0 Å². The molecule has 0 unspecified atom stereocenters. The molecule has 0 aliphatic heterocycles. The maximum atomic E-state index is 5.39. The van der Waals surface area contributed by atoms with Crippen LogP contribution < -0.4 is 0 Å². The summed E-state index contributed by atoms with van der Waals surface area (Å²) in [4.78, 5) is 25.8. The largest absolute Gasteiger partial charge is 0.245 e. The Balaban J connectivity index is 1.16. The second kappa shape index (κ2) is 13.7. The molecule has 0 amide bonds. The Morgan fingerprint density at radius 1 is 0.316 bits per heavy atom. The molecule has 4 aromatic heterocycles. The molecule has 57 heavy (non-hydrogen) atoms. The molecule has 0 saturated carbocycles. The topological polar surface area (TPSA) is 64.5 Å². The van der Waals surface area contributed by atoms with E-state index in [4.69, 9.17) is 24.9 Å². The molecule has 0 N–H and O–H groups in total. The average molecular weight is 746 g/mol. The lowest BCUT2D eigenvalue weighted by molar-refractivity contribution is 1.07. The Labute approximate surface area is 332 Å². The van der Waals surface area contributed by atoms with E-state index in [1.165, 1.54) is 20.2 Å². The first-order valence-electron chi connectivity index (χ1n) is 18.9. The van der Waals surface area contributed by atoms with E-state index in [0.717, 1.165) is 72.1 Å². The normalized spacial score (nSPS) is 11.5. The second-order valence-corrected chi connectivity index (χ2v) is 15.1. The first kappa shape index (κ1) is 33.0. The molecule has 7 aromatic carbocycles. The van der Waals surface area contributed by atoms with E-state index in [9.17, 15) is 0 Å². The van der Waals surface area contributed by atoms with Gasteiger partial charge in [-0.3, -0.25) is 0 Å². The van der Waals surface area contributed by atoms with Crippen LogP contribution >= 0.6 is 11.3 Å². The van der Waals surface area contributed by atoms with E-state index in [1.807, 2.05) is 90.2 Å². The maximum absolute atomic E-state index is 5.39. The lowest BCUT2D eigenvalue weighted by Crippen LogP contribution is -2.00. The number of fused-ring (bicyclic) bond motifs is 6. The van der Waals surface area contributed by atoms with Crippen molar-refractivity contribution < 1.29 is 0 Å². The first-order chi connectivity index (χ1) is 28.2. The Morgan fingerprint density at radius 2 is 0.789 bits per heavy atom. The molecule has 0 spiro atoms. The van der Waals surface area contributed by atoms with Crippen LogP contribution in [-0.4, -0.2) is 24.9 Å². The highest BCUT2D eigenvalue weighted by atomic mass is 32.1. The lowest BCUT2D eigenvalue weighted by Gasteiger charge is -2.13. The van der Waals surface area contributed by atoms with Gasteiger partial charge in [-0.1, -0.05) is 152 Å². The minimum absolute atomic E-state index is 0.592. The number of rotatable bonds is 6. The van der Waals surface area contributed by atoms with Gasteiger partial charge in [0, 0.05) is 58.8 Å². The fourth-order valence-electron chi connectivity index (χ4n) is 7.67. The molecule has 4 heterocycles. The second-order valence-electron chi connectivity index (χ2n) is 14.1. The number of aromatic nitrogens is 5. The zero-order valence-corrected chi connectivity index (χ0v) is 31.4. The van der Waals surface area contributed by atoms with E-state index in [0.29, 0.717) is 17.5 Å². The third-order valence-electron chi connectivity index (χ3n) is 10.5. The zero-order chi connectivity index (χ0) is 37.7. The molecular formula is C51H31N5S. The molecule has 0 aliphatic carbocycles. The molecule has 11 aromatic rings. The van der Waals surface area contributed by atoms with Crippen LogP contribution in [0.25, 0.3) is 110 Å². The van der Waals surface area contributed by atoms with Crippen LogP contribution in [0, 0.1) is 0 Å². The van der Waals surface area contributed by atoms with Gasteiger partial charge in [0.25, 0.3) is 0 Å². The first-order valence-corrected chi connectivity index (χ1v) is 19.7. The Hall–Kier alpha value is -7.41. The molecule has 6 heteroatoms. The minimum Gasteiger partial charge on any atom is -0.245 e. The van der Waals surface area contributed by atoms with Gasteiger partial charge in [0.2, 0.25) is 0 Å². The van der Waals surface area contributed by atoms with Crippen molar-refractivity contribution in [3.8, 4) is 67.8 Å². The minimum atomic E-state index is 0.592. The highest BCUT2D eigenvalue weighted by Crippen LogP contribution is 2.42. The smallest absolute Gasteiger partial charge is 0.164 e. The average Bonchev–Trinajstić information content (AvgIpc) is 3.68. The summed E-state index contributed by atoms with van der Waals surface area (Å²) in [6.07, 6.45) is 0. The molecule has 0 bridgehead atoms. The van der Waals surface area contributed by atoms with Crippen molar-refractivity contribution in [1.29, 1.82) is 0 Å². The maximum Gasteiger partial charge on any atom is 0.164 e. The third-order valence-corrected chi connectivity index (χ3v) is 11.7. The van der Waals surface area contributed by atoms with Gasteiger partial charge in [-0.2, -0.15) is 0 Å². The number of benzene rings is 7. The predicted molar refractivity (Wildman–Crippen MR) is 236 cm³/mol. The van der Waals surface area contributed by atoms with E-state index in [1.54, 1.807) is 0 Å². The van der Waals surface area contributed by atoms with Gasteiger partial charge in [0.15, 0.2) is 17.5 Å². The number of hydrogen-bond acceptors (Lipinski definition) is 6. The Bertz CT molecular complexity index is 3230. The van der Waals surface area contributed by atoms with Crippen molar-refractivity contribution in [2.24, 2.45) is 0 Å². The van der Waals surface area contributed by atoms with Crippen molar-refractivity contribution in [1.82, 2.24) is 24.9 Å². The van der Waals surface area contributed by atoms with Crippen LogP contribution in [0.2, 0.25) is 0 Å². The highest BCUT2D eigenvalue weighted by Gasteiger charge is 2.18. The van der Waals surface area contributed by atoms with Crippen LogP contribution in [0.3, 0.4) is 0 Å². The summed E-state index contributed by atoms with van der Waals surface area (Å²) in [5.41, 5.74) is 10.5. The molecule has 0 radical (unpaired) electrons. The predicted octanol–water partition coefficient (Wildman–Crippen LogP) is 13.3. The summed E-state index contributed by atoms with van der Waals surface area (Å²) >= 11 is 1.82. The van der Waals surface area contributed by atoms with Crippen LogP contribution in [-0.2, 0) is 0 Å². The fourth-order valence-corrected chi connectivity index (χ4v) is 8.91. The Kier molecular flexibility index (Phi) is 7.93.